The lowest BCUT2D eigenvalue weighted by Crippen LogP contribution is -2.43. The minimum Gasteiger partial charge on any atom is -0.391 e. The predicted molar refractivity (Wildman–Crippen MR) is 45.8 cm³/mol. The number of hydrogen-bond donors (Lipinski definition) is 1. The molecule has 0 saturated carbocycles. The van der Waals surface area contributed by atoms with Crippen LogP contribution in [0.3, 0.4) is 0 Å². The number of carbonyl (C=O) groups excluding carboxylic acids is 1. The van der Waals surface area contributed by atoms with Crippen LogP contribution in [0.25, 0.3) is 10.4 Å². The topological polar surface area (TPSA) is 89.3 Å². The van der Waals surface area contributed by atoms with E-state index < -0.39 is 6.10 Å². The van der Waals surface area contributed by atoms with Gasteiger partial charge in [-0.05, 0) is 18.4 Å². The Labute approximate surface area is 75.8 Å². The number of piperidine rings is 1. The van der Waals surface area contributed by atoms with Crippen LogP contribution in [0.2, 0.25) is 0 Å². The van der Waals surface area contributed by atoms with Crippen LogP contribution in [-0.2, 0) is 4.79 Å². The summed E-state index contributed by atoms with van der Waals surface area (Å²) in [6, 6.07) is 0. The van der Waals surface area contributed by atoms with Crippen LogP contribution in [0.4, 0.5) is 0 Å². The molecule has 1 heterocycles. The molecule has 13 heavy (non-hydrogen) atoms. The lowest BCUT2D eigenvalue weighted by molar-refractivity contribution is -0.132. The maximum Gasteiger partial charge on any atom is 0.228 e. The van der Waals surface area contributed by atoms with Crippen molar-refractivity contribution >= 4 is 5.91 Å². The highest BCUT2D eigenvalue weighted by atomic mass is 16.3. The van der Waals surface area contributed by atoms with E-state index in [1.807, 2.05) is 0 Å². The van der Waals surface area contributed by atoms with Gasteiger partial charge in [0, 0.05) is 18.0 Å². The minimum absolute atomic E-state index is 0.150. The number of azide groups is 1. The summed E-state index contributed by atoms with van der Waals surface area (Å²) in [6.07, 6.45) is 1.12. The molecule has 0 aromatic rings. The molecule has 0 spiro atoms. The van der Waals surface area contributed by atoms with Gasteiger partial charge in [0.15, 0.2) is 0 Å². The minimum atomic E-state index is -0.427. The number of nitrogens with zero attached hydrogens (tertiary/aromatic N) is 4. The SMILES string of the molecule is [N-]=[N+]=NCC(=O)N1CCC[C@@H](O)C1. The summed E-state index contributed by atoms with van der Waals surface area (Å²) in [7, 11) is 0. The Morgan fingerprint density at radius 3 is 3.15 bits per heavy atom. The second-order valence-electron chi connectivity index (χ2n) is 3.02. The molecule has 72 valence electrons. The lowest BCUT2D eigenvalue weighted by atomic mass is 10.1. The molecule has 0 bridgehead atoms. The first-order valence-electron chi connectivity index (χ1n) is 4.20. The molecular weight excluding hydrogens is 172 g/mol. The smallest absolute Gasteiger partial charge is 0.228 e. The van der Waals surface area contributed by atoms with Crippen molar-refractivity contribution in [3.05, 3.63) is 10.4 Å². The molecule has 1 aliphatic heterocycles. The third kappa shape index (κ3) is 2.93. The van der Waals surface area contributed by atoms with Gasteiger partial charge in [-0.1, -0.05) is 5.11 Å². The average Bonchev–Trinajstić information content (AvgIpc) is 2.14. The zero-order valence-electron chi connectivity index (χ0n) is 7.26. The number of rotatable bonds is 2. The number of hydrogen-bond acceptors (Lipinski definition) is 3. The van der Waals surface area contributed by atoms with Gasteiger partial charge >= 0.3 is 0 Å². The molecule has 0 aromatic heterocycles. The Hall–Kier alpha value is -1.26. The van der Waals surface area contributed by atoms with E-state index in [0.717, 1.165) is 12.8 Å². The molecule has 1 amide bonds. The van der Waals surface area contributed by atoms with Gasteiger partial charge in [-0.25, -0.2) is 0 Å². The van der Waals surface area contributed by atoms with E-state index >= 15 is 0 Å². The van der Waals surface area contributed by atoms with Crippen molar-refractivity contribution in [2.45, 2.75) is 18.9 Å². The number of β-amino-alcohol motifs (C(OH)–C–C–N with tert-alkyl or cyclic N) is 1. The summed E-state index contributed by atoms with van der Waals surface area (Å²) in [5.41, 5.74) is 8.00. The lowest BCUT2D eigenvalue weighted by Gasteiger charge is -2.29. The molecule has 0 aliphatic carbocycles. The molecule has 1 saturated heterocycles. The third-order valence-corrected chi connectivity index (χ3v) is 2.02. The molecule has 1 rings (SSSR count). The maximum atomic E-state index is 11.3. The van der Waals surface area contributed by atoms with Crippen molar-refractivity contribution < 1.29 is 9.90 Å². The van der Waals surface area contributed by atoms with E-state index in [9.17, 15) is 9.90 Å². The first kappa shape index (κ1) is 9.83. The van der Waals surface area contributed by atoms with Crippen molar-refractivity contribution in [1.29, 1.82) is 0 Å². The highest BCUT2D eigenvalue weighted by Gasteiger charge is 2.20. The van der Waals surface area contributed by atoms with Crippen LogP contribution < -0.4 is 0 Å². The molecule has 0 aromatic carbocycles. The molecule has 1 fully saturated rings. The van der Waals surface area contributed by atoms with Crippen LogP contribution >= 0.6 is 0 Å². The Balaban J connectivity index is 2.41. The zero-order chi connectivity index (χ0) is 9.68. The second kappa shape index (κ2) is 4.69. The molecule has 1 aliphatic rings. The van der Waals surface area contributed by atoms with Crippen LogP contribution in [0.1, 0.15) is 12.8 Å². The first-order valence-corrected chi connectivity index (χ1v) is 4.20. The number of carbonyl (C=O) groups is 1. The van der Waals surface area contributed by atoms with Gasteiger partial charge < -0.3 is 10.0 Å². The number of likely N-dealkylation sites (tertiary alicyclic amines) is 1. The van der Waals surface area contributed by atoms with Crippen LogP contribution in [0, 0.1) is 0 Å². The standard InChI is InChI=1S/C7H12N4O2/c8-10-9-4-7(13)11-3-1-2-6(12)5-11/h6,12H,1-5H2/t6-/m1/s1. The summed E-state index contributed by atoms with van der Waals surface area (Å²) in [4.78, 5) is 15.3. The van der Waals surface area contributed by atoms with Gasteiger partial charge in [-0.15, -0.1) is 0 Å². The largest absolute Gasteiger partial charge is 0.391 e. The van der Waals surface area contributed by atoms with E-state index in [0.29, 0.717) is 13.1 Å². The highest BCUT2D eigenvalue weighted by Crippen LogP contribution is 2.09. The Morgan fingerprint density at radius 2 is 2.54 bits per heavy atom. The zero-order valence-corrected chi connectivity index (χ0v) is 7.26. The summed E-state index contributed by atoms with van der Waals surface area (Å²) in [5.74, 6) is -0.212. The Bertz CT molecular complexity index is 237. The summed E-state index contributed by atoms with van der Waals surface area (Å²) in [5, 5.41) is 12.4. The first-order chi connectivity index (χ1) is 6.24. The van der Waals surface area contributed by atoms with Gasteiger partial charge in [0.25, 0.3) is 0 Å². The fourth-order valence-electron chi connectivity index (χ4n) is 1.37. The van der Waals surface area contributed by atoms with E-state index in [1.54, 1.807) is 0 Å². The van der Waals surface area contributed by atoms with E-state index in [4.69, 9.17) is 5.53 Å². The monoisotopic (exact) mass is 184 g/mol. The van der Waals surface area contributed by atoms with E-state index in [-0.39, 0.29) is 12.5 Å². The molecule has 6 nitrogen and oxygen atoms in total. The van der Waals surface area contributed by atoms with Gasteiger partial charge in [-0.3, -0.25) is 4.79 Å². The Kier molecular flexibility index (Phi) is 3.54. The summed E-state index contributed by atoms with van der Waals surface area (Å²) >= 11 is 0. The maximum absolute atomic E-state index is 11.3. The molecule has 0 unspecified atom stereocenters. The predicted octanol–water partition coefficient (Wildman–Crippen LogP) is 0.280. The van der Waals surface area contributed by atoms with E-state index in [2.05, 4.69) is 10.0 Å². The van der Waals surface area contributed by atoms with Crippen LogP contribution in [0.5, 0.6) is 0 Å². The normalized spacial score (nSPS) is 22.2. The second-order valence-corrected chi connectivity index (χ2v) is 3.02. The van der Waals surface area contributed by atoms with Crippen molar-refractivity contribution in [1.82, 2.24) is 4.90 Å². The van der Waals surface area contributed by atoms with Gasteiger partial charge in [0.05, 0.1) is 6.10 Å². The van der Waals surface area contributed by atoms with Crippen molar-refractivity contribution in [3.63, 3.8) is 0 Å². The fraction of sp³-hybridized carbons (Fsp3) is 0.857. The van der Waals surface area contributed by atoms with Gasteiger partial charge in [0.1, 0.15) is 6.54 Å². The molecule has 1 N–H and O–H groups in total. The number of aliphatic hydroxyl groups excluding tert-OH is 1. The van der Waals surface area contributed by atoms with Gasteiger partial charge in [0.2, 0.25) is 5.91 Å². The summed E-state index contributed by atoms with van der Waals surface area (Å²) < 4.78 is 0. The van der Waals surface area contributed by atoms with Crippen molar-refractivity contribution in [2.75, 3.05) is 19.6 Å². The highest BCUT2D eigenvalue weighted by molar-refractivity contribution is 5.78. The van der Waals surface area contributed by atoms with E-state index in [1.165, 1.54) is 4.90 Å². The fourth-order valence-corrected chi connectivity index (χ4v) is 1.37. The molecular formula is C7H12N4O2. The van der Waals surface area contributed by atoms with Crippen molar-refractivity contribution in [3.8, 4) is 0 Å². The average molecular weight is 184 g/mol. The van der Waals surface area contributed by atoms with Crippen LogP contribution in [-0.4, -0.2) is 41.7 Å². The van der Waals surface area contributed by atoms with Gasteiger partial charge in [-0.2, -0.15) is 0 Å². The Morgan fingerprint density at radius 1 is 1.77 bits per heavy atom. The number of amides is 1. The molecule has 0 radical (unpaired) electrons. The molecule has 1 atom stereocenters. The summed E-state index contributed by atoms with van der Waals surface area (Å²) in [6.45, 7) is 0.861. The van der Waals surface area contributed by atoms with Crippen LogP contribution in [0.15, 0.2) is 5.11 Å². The molecule has 6 heteroatoms. The quantitative estimate of drug-likeness (QED) is 0.379. The number of aliphatic hydroxyl groups is 1. The van der Waals surface area contributed by atoms with Crippen molar-refractivity contribution in [2.24, 2.45) is 5.11 Å². The third-order valence-electron chi connectivity index (χ3n) is 2.02.